The Bertz CT molecular complexity index is 907. The number of benzene rings is 3. The summed E-state index contributed by atoms with van der Waals surface area (Å²) in [4.78, 5) is 22.5. The summed E-state index contributed by atoms with van der Waals surface area (Å²) in [7, 11) is 0. The summed E-state index contributed by atoms with van der Waals surface area (Å²) in [5.74, 6) is -0.313. The minimum atomic E-state index is -0.496. The Morgan fingerprint density at radius 3 is 2.26 bits per heavy atom. The van der Waals surface area contributed by atoms with Crippen LogP contribution in [-0.2, 0) is 0 Å². The van der Waals surface area contributed by atoms with Gasteiger partial charge in [0, 0.05) is 33.2 Å². The van der Waals surface area contributed by atoms with Crippen LogP contribution < -0.4 is 5.32 Å². The van der Waals surface area contributed by atoms with Crippen molar-refractivity contribution in [3.63, 3.8) is 0 Å². The molecule has 0 aromatic heterocycles. The molecule has 0 saturated carbocycles. The van der Waals surface area contributed by atoms with Gasteiger partial charge in [-0.05, 0) is 29.7 Å². The standard InChI is InChI=1S/C17H11BrN2O3/c18-15-9-10-16(14-4-2-1-3-13(14)15)19-17(21)11-5-7-12(8-6-11)20(22)23/h1-10H,(H,19,21). The topological polar surface area (TPSA) is 72.2 Å². The molecule has 1 N–H and O–H groups in total. The lowest BCUT2D eigenvalue weighted by Gasteiger charge is -2.10. The fraction of sp³-hybridized carbons (Fsp3) is 0. The van der Waals surface area contributed by atoms with Crippen LogP contribution in [0.2, 0.25) is 0 Å². The van der Waals surface area contributed by atoms with Gasteiger partial charge in [-0.1, -0.05) is 40.2 Å². The molecular formula is C17H11BrN2O3. The lowest BCUT2D eigenvalue weighted by Crippen LogP contribution is -2.12. The van der Waals surface area contributed by atoms with Gasteiger partial charge in [0.05, 0.1) is 4.92 Å². The van der Waals surface area contributed by atoms with E-state index < -0.39 is 4.92 Å². The smallest absolute Gasteiger partial charge is 0.269 e. The lowest BCUT2D eigenvalue weighted by atomic mass is 10.1. The van der Waals surface area contributed by atoms with Gasteiger partial charge in [-0.25, -0.2) is 0 Å². The SMILES string of the molecule is O=C(Nc1ccc(Br)c2ccccc12)c1ccc([N+](=O)[O-])cc1. The summed E-state index contributed by atoms with van der Waals surface area (Å²) in [6, 6.07) is 16.9. The molecule has 0 saturated heterocycles. The minimum absolute atomic E-state index is 0.0457. The van der Waals surface area contributed by atoms with Crippen LogP contribution in [0.1, 0.15) is 10.4 Å². The first-order valence-electron chi connectivity index (χ1n) is 6.79. The van der Waals surface area contributed by atoms with Gasteiger partial charge in [-0.3, -0.25) is 14.9 Å². The number of fused-ring (bicyclic) bond motifs is 1. The van der Waals surface area contributed by atoms with Crippen molar-refractivity contribution < 1.29 is 9.72 Å². The molecule has 3 aromatic rings. The Kier molecular flexibility index (Phi) is 4.08. The largest absolute Gasteiger partial charge is 0.321 e. The van der Waals surface area contributed by atoms with E-state index in [2.05, 4.69) is 21.2 Å². The predicted molar refractivity (Wildman–Crippen MR) is 92.7 cm³/mol. The third-order valence-electron chi connectivity index (χ3n) is 3.46. The van der Waals surface area contributed by atoms with Gasteiger partial charge < -0.3 is 5.32 Å². The summed E-state index contributed by atoms with van der Waals surface area (Å²) < 4.78 is 0.946. The van der Waals surface area contributed by atoms with Crippen molar-refractivity contribution in [2.24, 2.45) is 0 Å². The number of carbonyl (C=O) groups is 1. The van der Waals surface area contributed by atoms with Crippen LogP contribution in [0.4, 0.5) is 11.4 Å². The van der Waals surface area contributed by atoms with Gasteiger partial charge in [0.15, 0.2) is 0 Å². The Labute approximate surface area is 140 Å². The zero-order valence-electron chi connectivity index (χ0n) is 11.8. The van der Waals surface area contributed by atoms with E-state index in [-0.39, 0.29) is 11.6 Å². The Hall–Kier alpha value is -2.73. The van der Waals surface area contributed by atoms with E-state index in [1.165, 1.54) is 24.3 Å². The van der Waals surface area contributed by atoms with Crippen LogP contribution in [0.3, 0.4) is 0 Å². The molecule has 0 spiro atoms. The van der Waals surface area contributed by atoms with Crippen molar-refractivity contribution in [3.05, 3.63) is 80.8 Å². The third kappa shape index (κ3) is 3.07. The van der Waals surface area contributed by atoms with Crippen LogP contribution in [0.15, 0.2) is 65.1 Å². The van der Waals surface area contributed by atoms with E-state index in [1.54, 1.807) is 0 Å². The number of amides is 1. The van der Waals surface area contributed by atoms with E-state index in [4.69, 9.17) is 0 Å². The second kappa shape index (κ2) is 6.18. The highest BCUT2D eigenvalue weighted by molar-refractivity contribution is 9.10. The fourth-order valence-electron chi connectivity index (χ4n) is 2.30. The van der Waals surface area contributed by atoms with Crippen LogP contribution in [0.25, 0.3) is 10.8 Å². The average Bonchev–Trinajstić information content (AvgIpc) is 2.57. The Balaban J connectivity index is 1.91. The third-order valence-corrected chi connectivity index (χ3v) is 4.15. The molecular weight excluding hydrogens is 360 g/mol. The fourth-order valence-corrected chi connectivity index (χ4v) is 2.78. The number of halogens is 1. The Morgan fingerprint density at radius 1 is 0.957 bits per heavy atom. The van der Waals surface area contributed by atoms with Gasteiger partial charge in [0.1, 0.15) is 0 Å². The minimum Gasteiger partial charge on any atom is -0.321 e. The second-order valence-electron chi connectivity index (χ2n) is 4.90. The van der Waals surface area contributed by atoms with Gasteiger partial charge in [0.25, 0.3) is 11.6 Å². The monoisotopic (exact) mass is 370 g/mol. The van der Waals surface area contributed by atoms with Crippen LogP contribution in [-0.4, -0.2) is 10.8 Å². The number of hydrogen-bond donors (Lipinski definition) is 1. The molecule has 6 heteroatoms. The van der Waals surface area contributed by atoms with Gasteiger partial charge in [-0.15, -0.1) is 0 Å². The molecule has 0 bridgehead atoms. The van der Waals surface area contributed by atoms with Crippen LogP contribution >= 0.6 is 15.9 Å². The van der Waals surface area contributed by atoms with Gasteiger partial charge >= 0.3 is 0 Å². The summed E-state index contributed by atoms with van der Waals surface area (Å²) >= 11 is 3.49. The molecule has 0 radical (unpaired) electrons. The van der Waals surface area contributed by atoms with E-state index in [9.17, 15) is 14.9 Å². The molecule has 1 amide bonds. The van der Waals surface area contributed by atoms with Crippen molar-refractivity contribution >= 4 is 44.0 Å². The number of carbonyl (C=O) groups excluding carboxylic acids is 1. The van der Waals surface area contributed by atoms with E-state index in [0.717, 1.165) is 15.2 Å². The number of nitro benzene ring substituents is 1. The summed E-state index contributed by atoms with van der Waals surface area (Å²) in [5, 5.41) is 15.4. The van der Waals surface area contributed by atoms with Crippen molar-refractivity contribution in [2.45, 2.75) is 0 Å². The number of anilines is 1. The van der Waals surface area contributed by atoms with Gasteiger partial charge in [-0.2, -0.15) is 0 Å². The molecule has 0 aliphatic rings. The maximum atomic E-state index is 12.3. The number of nitrogens with zero attached hydrogens (tertiary/aromatic N) is 1. The predicted octanol–water partition coefficient (Wildman–Crippen LogP) is 4.76. The molecule has 0 aliphatic carbocycles. The second-order valence-corrected chi connectivity index (χ2v) is 5.75. The zero-order chi connectivity index (χ0) is 16.4. The number of nitrogens with one attached hydrogen (secondary N) is 1. The molecule has 0 unspecified atom stereocenters. The molecule has 3 rings (SSSR count). The quantitative estimate of drug-likeness (QED) is 0.533. The molecule has 5 nitrogen and oxygen atoms in total. The molecule has 0 atom stereocenters. The average molecular weight is 371 g/mol. The summed E-state index contributed by atoms with van der Waals surface area (Å²) in [6.07, 6.45) is 0. The maximum absolute atomic E-state index is 12.3. The lowest BCUT2D eigenvalue weighted by molar-refractivity contribution is -0.384. The maximum Gasteiger partial charge on any atom is 0.269 e. The number of rotatable bonds is 3. The highest BCUT2D eigenvalue weighted by Gasteiger charge is 2.11. The van der Waals surface area contributed by atoms with E-state index >= 15 is 0 Å². The first-order chi connectivity index (χ1) is 11.1. The summed E-state index contributed by atoms with van der Waals surface area (Å²) in [6.45, 7) is 0. The summed E-state index contributed by atoms with van der Waals surface area (Å²) in [5.41, 5.74) is 1.00. The molecule has 0 heterocycles. The number of non-ortho nitro benzene ring substituents is 1. The van der Waals surface area contributed by atoms with Crippen molar-refractivity contribution in [1.82, 2.24) is 0 Å². The van der Waals surface area contributed by atoms with Crippen LogP contribution in [0, 0.1) is 10.1 Å². The first kappa shape index (κ1) is 15.2. The molecule has 114 valence electrons. The normalized spacial score (nSPS) is 10.5. The molecule has 3 aromatic carbocycles. The number of hydrogen-bond acceptors (Lipinski definition) is 3. The number of nitro groups is 1. The van der Waals surface area contributed by atoms with E-state index in [0.29, 0.717) is 11.3 Å². The highest BCUT2D eigenvalue weighted by Crippen LogP contribution is 2.30. The first-order valence-corrected chi connectivity index (χ1v) is 7.58. The highest BCUT2D eigenvalue weighted by atomic mass is 79.9. The molecule has 0 aliphatic heterocycles. The zero-order valence-corrected chi connectivity index (χ0v) is 13.4. The van der Waals surface area contributed by atoms with Crippen molar-refractivity contribution in [3.8, 4) is 0 Å². The molecule has 0 fully saturated rings. The van der Waals surface area contributed by atoms with Crippen molar-refractivity contribution in [2.75, 3.05) is 5.32 Å². The van der Waals surface area contributed by atoms with Crippen molar-refractivity contribution in [1.29, 1.82) is 0 Å². The molecule has 23 heavy (non-hydrogen) atoms. The van der Waals surface area contributed by atoms with Gasteiger partial charge in [0.2, 0.25) is 0 Å². The Morgan fingerprint density at radius 2 is 1.61 bits per heavy atom. The van der Waals surface area contributed by atoms with Crippen LogP contribution in [0.5, 0.6) is 0 Å². The van der Waals surface area contributed by atoms with E-state index in [1.807, 2.05) is 36.4 Å².